The van der Waals surface area contributed by atoms with Gasteiger partial charge in [-0.25, -0.2) is 4.39 Å². The van der Waals surface area contributed by atoms with Crippen LogP contribution in [-0.2, 0) is 9.59 Å². The summed E-state index contributed by atoms with van der Waals surface area (Å²) in [7, 11) is 0. The number of amides is 3. The minimum Gasteiger partial charge on any atom is -0.339 e. The van der Waals surface area contributed by atoms with Gasteiger partial charge in [0.15, 0.2) is 0 Å². The summed E-state index contributed by atoms with van der Waals surface area (Å²) in [6.45, 7) is 2.01. The van der Waals surface area contributed by atoms with E-state index in [4.69, 9.17) is 0 Å². The Morgan fingerprint density at radius 1 is 0.966 bits per heavy atom. The van der Waals surface area contributed by atoms with E-state index in [1.165, 1.54) is 17.0 Å². The van der Waals surface area contributed by atoms with Gasteiger partial charge in [-0.15, -0.1) is 0 Å². The van der Waals surface area contributed by atoms with Gasteiger partial charge in [0.2, 0.25) is 11.8 Å². The lowest BCUT2D eigenvalue weighted by Crippen LogP contribution is -2.52. The topological polar surface area (TPSA) is 73.8 Å². The fourth-order valence-electron chi connectivity index (χ4n) is 3.78. The van der Waals surface area contributed by atoms with Gasteiger partial charge >= 0.3 is 0 Å². The first-order chi connectivity index (χ1) is 14.0. The molecule has 2 aromatic rings. The maximum Gasteiger partial charge on any atom is 0.272 e. The van der Waals surface area contributed by atoms with Crippen LogP contribution in [0, 0.1) is 11.7 Å². The molecule has 150 valence electrons. The van der Waals surface area contributed by atoms with Crippen LogP contribution in [0.5, 0.6) is 0 Å². The van der Waals surface area contributed by atoms with Crippen molar-refractivity contribution in [1.82, 2.24) is 14.8 Å². The second kappa shape index (κ2) is 7.98. The largest absolute Gasteiger partial charge is 0.339 e. The first kappa shape index (κ1) is 19.0. The van der Waals surface area contributed by atoms with E-state index in [0.717, 1.165) is 0 Å². The minimum atomic E-state index is -0.425. The Morgan fingerprint density at radius 3 is 2.31 bits per heavy atom. The van der Waals surface area contributed by atoms with Crippen molar-refractivity contribution in [2.75, 3.05) is 37.6 Å². The van der Waals surface area contributed by atoms with Crippen LogP contribution in [0.1, 0.15) is 16.9 Å². The number of nitrogens with zero attached hydrogens (tertiary/aromatic N) is 4. The highest BCUT2D eigenvalue weighted by atomic mass is 19.1. The highest BCUT2D eigenvalue weighted by molar-refractivity contribution is 6.00. The molecule has 29 heavy (non-hydrogen) atoms. The third-order valence-electron chi connectivity index (χ3n) is 5.38. The van der Waals surface area contributed by atoms with Crippen molar-refractivity contribution < 1.29 is 18.8 Å². The van der Waals surface area contributed by atoms with E-state index < -0.39 is 5.92 Å². The normalized spacial score (nSPS) is 19.6. The molecule has 8 heteroatoms. The summed E-state index contributed by atoms with van der Waals surface area (Å²) in [6.07, 6.45) is 1.72. The molecule has 2 fully saturated rings. The van der Waals surface area contributed by atoms with Crippen LogP contribution in [-0.4, -0.2) is 65.2 Å². The maximum atomic E-state index is 13.1. The lowest BCUT2D eigenvalue weighted by Gasteiger charge is -2.35. The summed E-state index contributed by atoms with van der Waals surface area (Å²) in [5.74, 6) is -1.15. The van der Waals surface area contributed by atoms with E-state index in [-0.39, 0.29) is 36.5 Å². The molecule has 0 unspecified atom stereocenters. The summed E-state index contributed by atoms with van der Waals surface area (Å²) in [6, 6.07) is 10.9. The molecule has 0 radical (unpaired) electrons. The zero-order valence-electron chi connectivity index (χ0n) is 15.8. The van der Waals surface area contributed by atoms with Crippen LogP contribution in [0.2, 0.25) is 0 Å². The van der Waals surface area contributed by atoms with E-state index in [1.54, 1.807) is 46.3 Å². The molecule has 2 saturated heterocycles. The molecule has 3 heterocycles. The van der Waals surface area contributed by atoms with Crippen molar-refractivity contribution in [1.29, 1.82) is 0 Å². The molecule has 3 amide bonds. The van der Waals surface area contributed by atoms with Gasteiger partial charge in [0.25, 0.3) is 5.91 Å². The number of halogens is 1. The summed E-state index contributed by atoms with van der Waals surface area (Å²) in [5.41, 5.74) is 0.987. The fourth-order valence-corrected chi connectivity index (χ4v) is 3.78. The molecule has 7 nitrogen and oxygen atoms in total. The Bertz CT molecular complexity index is 911. The molecule has 1 aromatic heterocycles. The van der Waals surface area contributed by atoms with Crippen molar-refractivity contribution in [3.05, 3.63) is 60.2 Å². The predicted octanol–water partition coefficient (Wildman–Crippen LogP) is 1.56. The third-order valence-corrected chi connectivity index (χ3v) is 5.38. The number of aromatic nitrogens is 1. The molecular formula is C21H21FN4O3. The van der Waals surface area contributed by atoms with Gasteiger partial charge in [-0.3, -0.25) is 19.4 Å². The number of anilines is 1. The Balaban J connectivity index is 1.34. The van der Waals surface area contributed by atoms with Crippen molar-refractivity contribution in [3.63, 3.8) is 0 Å². The van der Waals surface area contributed by atoms with Crippen molar-refractivity contribution in [3.8, 4) is 0 Å². The Labute approximate surface area is 167 Å². The average molecular weight is 396 g/mol. The van der Waals surface area contributed by atoms with Crippen LogP contribution in [0.25, 0.3) is 0 Å². The molecule has 4 rings (SSSR count). The van der Waals surface area contributed by atoms with Gasteiger partial charge < -0.3 is 14.7 Å². The van der Waals surface area contributed by atoms with E-state index >= 15 is 0 Å². The molecule has 0 spiro atoms. The van der Waals surface area contributed by atoms with Gasteiger partial charge in [0, 0.05) is 51.0 Å². The molecule has 0 bridgehead atoms. The first-order valence-electron chi connectivity index (χ1n) is 9.58. The van der Waals surface area contributed by atoms with E-state index in [2.05, 4.69) is 4.98 Å². The van der Waals surface area contributed by atoms with Crippen molar-refractivity contribution in [2.45, 2.75) is 6.42 Å². The summed E-state index contributed by atoms with van der Waals surface area (Å²) in [5, 5.41) is 0. The standard InChI is InChI=1S/C21H21FN4O3/c22-16-4-6-17(7-5-16)26-14-15(13-19(26)27)20(28)24-9-11-25(12-10-24)21(29)18-3-1-2-8-23-18/h1-8,15H,9-14H2/t15-/m0/s1. The summed E-state index contributed by atoms with van der Waals surface area (Å²) in [4.78, 5) is 46.8. The minimum absolute atomic E-state index is 0.0760. The SMILES string of the molecule is O=C(c1ccccn1)N1CCN(C(=O)[C@H]2CC(=O)N(c3ccc(F)cc3)C2)CC1. The van der Waals surface area contributed by atoms with Gasteiger partial charge in [-0.1, -0.05) is 6.07 Å². The Morgan fingerprint density at radius 2 is 1.66 bits per heavy atom. The molecule has 0 aliphatic carbocycles. The van der Waals surface area contributed by atoms with Crippen molar-refractivity contribution >= 4 is 23.4 Å². The van der Waals surface area contributed by atoms with Crippen molar-refractivity contribution in [2.24, 2.45) is 5.92 Å². The quantitative estimate of drug-likeness (QED) is 0.789. The number of hydrogen-bond donors (Lipinski definition) is 0. The van der Waals surface area contributed by atoms with Gasteiger partial charge in [-0.05, 0) is 36.4 Å². The number of benzene rings is 1. The highest BCUT2D eigenvalue weighted by Gasteiger charge is 2.38. The van der Waals surface area contributed by atoms with E-state index in [0.29, 0.717) is 37.6 Å². The molecular weight excluding hydrogens is 375 g/mol. The molecule has 1 atom stereocenters. The number of pyridine rings is 1. The predicted molar refractivity (Wildman–Crippen MR) is 104 cm³/mol. The zero-order chi connectivity index (χ0) is 20.4. The van der Waals surface area contributed by atoms with Crippen LogP contribution >= 0.6 is 0 Å². The molecule has 0 N–H and O–H groups in total. The zero-order valence-corrected chi connectivity index (χ0v) is 15.8. The Hall–Kier alpha value is -3.29. The number of piperazine rings is 1. The second-order valence-electron chi connectivity index (χ2n) is 7.21. The van der Waals surface area contributed by atoms with Gasteiger partial charge in [0.1, 0.15) is 11.5 Å². The average Bonchev–Trinajstić information content (AvgIpc) is 3.15. The number of rotatable bonds is 3. The summed E-state index contributed by atoms with van der Waals surface area (Å²) < 4.78 is 13.1. The lowest BCUT2D eigenvalue weighted by molar-refractivity contribution is -0.137. The highest BCUT2D eigenvalue weighted by Crippen LogP contribution is 2.27. The van der Waals surface area contributed by atoms with Crippen LogP contribution < -0.4 is 4.90 Å². The smallest absolute Gasteiger partial charge is 0.272 e. The second-order valence-corrected chi connectivity index (χ2v) is 7.21. The fraction of sp³-hybridized carbons (Fsp3) is 0.333. The maximum absolute atomic E-state index is 13.1. The monoisotopic (exact) mass is 396 g/mol. The third kappa shape index (κ3) is 3.96. The number of carbonyl (C=O) groups is 3. The van der Waals surface area contributed by atoms with Gasteiger partial charge in [-0.2, -0.15) is 0 Å². The van der Waals surface area contributed by atoms with E-state index in [1.807, 2.05) is 0 Å². The molecule has 1 aromatic carbocycles. The van der Waals surface area contributed by atoms with Crippen LogP contribution in [0.3, 0.4) is 0 Å². The van der Waals surface area contributed by atoms with Crippen LogP contribution in [0.4, 0.5) is 10.1 Å². The lowest BCUT2D eigenvalue weighted by atomic mass is 10.1. The van der Waals surface area contributed by atoms with Crippen LogP contribution in [0.15, 0.2) is 48.7 Å². The Kier molecular flexibility index (Phi) is 5.24. The molecule has 2 aliphatic rings. The molecule has 2 aliphatic heterocycles. The summed E-state index contributed by atoms with van der Waals surface area (Å²) >= 11 is 0. The first-order valence-corrected chi connectivity index (χ1v) is 9.58. The number of carbonyl (C=O) groups excluding carboxylic acids is 3. The molecule has 0 saturated carbocycles. The number of hydrogen-bond acceptors (Lipinski definition) is 4. The van der Waals surface area contributed by atoms with Gasteiger partial charge in [0.05, 0.1) is 5.92 Å². The van der Waals surface area contributed by atoms with E-state index in [9.17, 15) is 18.8 Å².